The smallest absolute Gasteiger partial charge is 0.327 e. The van der Waals surface area contributed by atoms with Gasteiger partial charge in [-0.05, 0) is 0 Å². The van der Waals surface area contributed by atoms with Crippen molar-refractivity contribution in [3.63, 3.8) is 0 Å². The Hall–Kier alpha value is -0.190. The van der Waals surface area contributed by atoms with Crippen molar-refractivity contribution in [2.24, 2.45) is 0 Å². The second-order valence-corrected chi connectivity index (χ2v) is 5.45. The Kier molecular flexibility index (Phi) is 4.09. The van der Waals surface area contributed by atoms with Crippen molar-refractivity contribution < 1.29 is 13.0 Å². The van der Waals surface area contributed by atoms with Gasteiger partial charge in [0.05, 0.1) is 23.3 Å². The minimum atomic E-state index is -4.18. The van der Waals surface area contributed by atoms with Crippen LogP contribution in [0.25, 0.3) is 11.2 Å². The Morgan fingerprint density at radius 1 is 1.40 bits per heavy atom. The Morgan fingerprint density at radius 3 is 2.80 bits per heavy atom. The number of fused-ring (bicyclic) bond motifs is 1. The van der Waals surface area contributed by atoms with Gasteiger partial charge >= 0.3 is 9.15 Å². The third-order valence-corrected chi connectivity index (χ3v) is 2.97. The number of aromatic amines is 1. The van der Waals surface area contributed by atoms with Gasteiger partial charge < -0.3 is 4.98 Å². The largest absolute Gasteiger partial charge is 0.342 e. The molecule has 0 saturated carbocycles. The average Bonchev–Trinajstić information content (AvgIpc) is 2.47. The van der Waals surface area contributed by atoms with E-state index in [0.29, 0.717) is 11.2 Å². The van der Waals surface area contributed by atoms with Crippen LogP contribution in [0.5, 0.6) is 0 Å². The summed E-state index contributed by atoms with van der Waals surface area (Å²) in [4.78, 5) is 14.1. The summed E-state index contributed by atoms with van der Waals surface area (Å²) in [7, 11) is -4.00. The molecule has 2 rings (SSSR count). The summed E-state index contributed by atoms with van der Waals surface area (Å²) in [5, 5.41) is -0.0629. The molecule has 0 aliphatic rings. The fourth-order valence-electron chi connectivity index (χ4n) is 0.855. The molecule has 0 aromatic carbocycles. The van der Waals surface area contributed by atoms with Crippen LogP contribution in [-0.4, -0.2) is 62.5 Å². The van der Waals surface area contributed by atoms with Crippen LogP contribution >= 0.6 is 10.8 Å². The zero-order chi connectivity index (χ0) is 10.2. The number of nitrogens with zero attached hydrogens (tertiary/aromatic N) is 3. The first-order valence-corrected chi connectivity index (χ1v) is 6.15. The SMILES string of the molecule is O=S(=O)(O)Sc1ncc2[nH]cnc2n1.[Na]. The monoisotopic (exact) mass is 255 g/mol. The third-order valence-electron chi connectivity index (χ3n) is 1.33. The minimum Gasteiger partial charge on any atom is -0.342 e. The molecule has 2 aromatic heterocycles. The van der Waals surface area contributed by atoms with Crippen molar-refractivity contribution in [2.45, 2.75) is 5.16 Å². The van der Waals surface area contributed by atoms with Crippen LogP contribution in [0.2, 0.25) is 0 Å². The van der Waals surface area contributed by atoms with E-state index in [2.05, 4.69) is 19.9 Å². The van der Waals surface area contributed by atoms with E-state index < -0.39 is 9.15 Å². The Morgan fingerprint density at radius 2 is 2.13 bits per heavy atom. The molecule has 0 spiro atoms. The van der Waals surface area contributed by atoms with Crippen LogP contribution < -0.4 is 0 Å². The molecule has 0 saturated heterocycles. The van der Waals surface area contributed by atoms with Gasteiger partial charge in [-0.1, -0.05) is 0 Å². The Bertz CT molecular complexity index is 568. The molecule has 0 aliphatic heterocycles. The van der Waals surface area contributed by atoms with Crippen molar-refractivity contribution in [1.29, 1.82) is 0 Å². The van der Waals surface area contributed by atoms with Gasteiger partial charge in [0.2, 0.25) is 5.16 Å². The predicted octanol–water partition coefficient (Wildman–Crippen LogP) is -0.133. The van der Waals surface area contributed by atoms with Crippen LogP contribution in [0, 0.1) is 0 Å². The van der Waals surface area contributed by atoms with Crippen molar-refractivity contribution in [3.8, 4) is 0 Å². The summed E-state index contributed by atoms with van der Waals surface area (Å²) in [5.41, 5.74) is 0.954. The predicted molar refractivity (Wildman–Crippen MR) is 54.8 cm³/mol. The molecule has 0 aliphatic carbocycles. The molecule has 2 heterocycles. The fourth-order valence-corrected chi connectivity index (χ4v) is 2.07. The van der Waals surface area contributed by atoms with Gasteiger partial charge in [0.15, 0.2) is 5.65 Å². The zero-order valence-electron chi connectivity index (χ0n) is 7.58. The normalized spacial score (nSPS) is 11.3. The standard InChI is InChI=1S/C5H4N4O3S2.Na/c10-14(11,12)13-5-6-1-3-4(9-5)8-2-7-3;/h1-2H,(H,10,11,12)(H,6,7,8,9);. The average molecular weight is 255 g/mol. The molecular formula is C5H4N4NaO3S2. The van der Waals surface area contributed by atoms with Gasteiger partial charge in [-0.3, -0.25) is 4.55 Å². The maximum atomic E-state index is 10.5. The summed E-state index contributed by atoms with van der Waals surface area (Å²) in [5.74, 6) is 0. The van der Waals surface area contributed by atoms with Crippen LogP contribution in [0.1, 0.15) is 0 Å². The van der Waals surface area contributed by atoms with Gasteiger partial charge in [-0.15, -0.1) is 0 Å². The van der Waals surface area contributed by atoms with Crippen molar-refractivity contribution in [3.05, 3.63) is 12.5 Å². The number of H-pyrrole nitrogens is 1. The van der Waals surface area contributed by atoms with Gasteiger partial charge in [-0.2, -0.15) is 13.4 Å². The maximum Gasteiger partial charge on any atom is 0.327 e. The Labute approximate surface area is 111 Å². The van der Waals surface area contributed by atoms with E-state index in [4.69, 9.17) is 4.55 Å². The molecule has 75 valence electrons. The minimum absolute atomic E-state index is 0. The number of hydrogen-bond donors (Lipinski definition) is 2. The van der Waals surface area contributed by atoms with Gasteiger partial charge in [0.1, 0.15) is 5.52 Å². The van der Waals surface area contributed by atoms with Crippen molar-refractivity contribution in [2.75, 3.05) is 0 Å². The molecule has 0 fully saturated rings. The molecule has 2 N–H and O–H groups in total. The fraction of sp³-hybridized carbons (Fsp3) is 0. The Balaban J connectivity index is 0.00000112. The van der Waals surface area contributed by atoms with Crippen molar-refractivity contribution in [1.82, 2.24) is 19.9 Å². The molecule has 0 unspecified atom stereocenters. The summed E-state index contributed by atoms with van der Waals surface area (Å²) in [6, 6.07) is 0. The molecule has 0 amide bonds. The third kappa shape index (κ3) is 3.40. The summed E-state index contributed by atoms with van der Waals surface area (Å²) >= 11 is 0. The van der Waals surface area contributed by atoms with E-state index >= 15 is 0 Å². The van der Waals surface area contributed by atoms with Crippen LogP contribution in [0.15, 0.2) is 17.7 Å². The zero-order valence-corrected chi connectivity index (χ0v) is 11.2. The second-order valence-electron chi connectivity index (χ2n) is 2.30. The topological polar surface area (TPSA) is 109 Å². The van der Waals surface area contributed by atoms with E-state index in [1.165, 1.54) is 12.5 Å². The van der Waals surface area contributed by atoms with Crippen LogP contribution in [-0.2, 0) is 9.15 Å². The number of nitrogens with one attached hydrogen (secondary N) is 1. The van der Waals surface area contributed by atoms with E-state index in [1.807, 2.05) is 0 Å². The quantitative estimate of drug-likeness (QED) is 0.333. The molecule has 1 radical (unpaired) electrons. The van der Waals surface area contributed by atoms with Crippen LogP contribution in [0.3, 0.4) is 0 Å². The molecule has 10 heteroatoms. The molecular weight excluding hydrogens is 251 g/mol. The number of hydrogen-bond acceptors (Lipinski definition) is 6. The molecule has 2 aromatic rings. The number of imidazole rings is 1. The molecule has 15 heavy (non-hydrogen) atoms. The van der Waals surface area contributed by atoms with Crippen LogP contribution in [0.4, 0.5) is 0 Å². The molecule has 7 nitrogen and oxygen atoms in total. The number of rotatable bonds is 2. The second kappa shape index (κ2) is 4.76. The van der Waals surface area contributed by atoms with Crippen molar-refractivity contribution >= 4 is 60.7 Å². The first-order chi connectivity index (χ1) is 6.54. The van der Waals surface area contributed by atoms with E-state index in [1.54, 1.807) is 0 Å². The van der Waals surface area contributed by atoms with Gasteiger partial charge in [0.25, 0.3) is 0 Å². The van der Waals surface area contributed by atoms with E-state index in [9.17, 15) is 8.42 Å². The maximum absolute atomic E-state index is 10.5. The first kappa shape index (κ1) is 12.9. The summed E-state index contributed by atoms with van der Waals surface area (Å²) in [6.07, 6.45) is 2.81. The van der Waals surface area contributed by atoms with Gasteiger partial charge in [0, 0.05) is 29.6 Å². The van der Waals surface area contributed by atoms with E-state index in [0.717, 1.165) is 0 Å². The molecule has 0 atom stereocenters. The first-order valence-electron chi connectivity index (χ1n) is 3.37. The summed E-state index contributed by atoms with van der Waals surface area (Å²) in [6.45, 7) is 0. The van der Waals surface area contributed by atoms with E-state index in [-0.39, 0.29) is 45.5 Å². The van der Waals surface area contributed by atoms with Gasteiger partial charge in [-0.25, -0.2) is 9.97 Å². The molecule has 0 bridgehead atoms. The summed E-state index contributed by atoms with van der Waals surface area (Å²) < 4.78 is 29.5. The number of aromatic nitrogens is 4.